The Hall–Kier alpha value is -4.25. The fraction of sp³-hybridized carbons (Fsp3) is 0.172. The Balaban J connectivity index is 1.37. The molecule has 0 radical (unpaired) electrons. The zero-order chi connectivity index (χ0) is 30.4. The molecule has 10 nitrogen and oxygen atoms in total. The Morgan fingerprint density at radius 3 is 2.52 bits per heavy atom. The number of amides is 4. The maximum absolute atomic E-state index is 12.9. The van der Waals surface area contributed by atoms with Gasteiger partial charge in [0, 0.05) is 42.6 Å². The Morgan fingerprint density at radius 1 is 1.07 bits per heavy atom. The third kappa shape index (κ3) is 7.14. The number of fused-ring (bicyclic) bond motifs is 1. The van der Waals surface area contributed by atoms with E-state index in [2.05, 4.69) is 20.9 Å². The van der Waals surface area contributed by atoms with E-state index in [9.17, 15) is 14.4 Å². The summed E-state index contributed by atoms with van der Waals surface area (Å²) in [6.07, 6.45) is 4.69. The fourth-order valence-corrected chi connectivity index (χ4v) is 4.67. The lowest BCUT2D eigenvalue weighted by Gasteiger charge is -2.21. The average molecular weight is 630 g/mol. The Kier molecular flexibility index (Phi) is 9.95. The summed E-state index contributed by atoms with van der Waals surface area (Å²) in [6, 6.07) is 13.3. The standard InChI is InChI=1S/C29H27Cl3N6O4/c1-17-27(32)38-14-4-5-23(28(38)35-17)42-16-20-21(30)11-12-22(26(20)31)37(3)25(40)15-34-24(39)13-8-18-6-9-19(10-7-18)36-29(41)33-2/h4-14H,15-16H2,1-3H3,(H,34,39)(H2,33,36,41). The fourth-order valence-electron chi connectivity index (χ4n) is 3.88. The first-order valence-electron chi connectivity index (χ1n) is 12.6. The Morgan fingerprint density at radius 2 is 1.81 bits per heavy atom. The molecular weight excluding hydrogens is 603 g/mol. The number of ether oxygens (including phenoxy) is 1. The third-order valence-corrected chi connectivity index (χ3v) is 7.46. The molecule has 4 amide bonds. The number of rotatable bonds is 9. The second-order valence-electron chi connectivity index (χ2n) is 9.03. The first kappa shape index (κ1) is 30.7. The molecule has 4 aromatic rings. The molecule has 0 aliphatic rings. The van der Waals surface area contributed by atoms with Crippen molar-refractivity contribution < 1.29 is 19.1 Å². The largest absolute Gasteiger partial charge is 0.485 e. The second-order valence-corrected chi connectivity index (χ2v) is 10.2. The lowest BCUT2D eigenvalue weighted by atomic mass is 10.2. The summed E-state index contributed by atoms with van der Waals surface area (Å²) in [5.74, 6) is -0.365. The van der Waals surface area contributed by atoms with Gasteiger partial charge in [0.05, 0.1) is 22.9 Å². The van der Waals surface area contributed by atoms with Crippen LogP contribution in [0, 0.1) is 6.92 Å². The van der Waals surface area contributed by atoms with Gasteiger partial charge in [-0.15, -0.1) is 0 Å². The van der Waals surface area contributed by atoms with Crippen LogP contribution in [0.4, 0.5) is 16.2 Å². The molecule has 2 aromatic carbocycles. The number of imidazole rings is 1. The summed E-state index contributed by atoms with van der Waals surface area (Å²) in [6.45, 7) is 1.55. The monoisotopic (exact) mass is 628 g/mol. The molecule has 0 unspecified atom stereocenters. The molecule has 0 spiro atoms. The summed E-state index contributed by atoms with van der Waals surface area (Å²) >= 11 is 19.4. The van der Waals surface area contributed by atoms with Gasteiger partial charge in [-0.3, -0.25) is 14.0 Å². The predicted molar refractivity (Wildman–Crippen MR) is 166 cm³/mol. The van der Waals surface area contributed by atoms with Crippen molar-refractivity contribution in [3.8, 4) is 5.75 Å². The number of carbonyl (C=O) groups is 3. The van der Waals surface area contributed by atoms with Gasteiger partial charge < -0.3 is 25.6 Å². The average Bonchev–Trinajstić information content (AvgIpc) is 3.28. The highest BCUT2D eigenvalue weighted by atomic mass is 35.5. The Bertz CT molecular complexity index is 1670. The number of aromatic nitrogens is 2. The summed E-state index contributed by atoms with van der Waals surface area (Å²) in [7, 11) is 3.07. The van der Waals surface area contributed by atoms with E-state index in [0.29, 0.717) is 44.2 Å². The van der Waals surface area contributed by atoms with Crippen LogP contribution in [0.5, 0.6) is 5.75 Å². The Labute approximate surface area is 257 Å². The number of urea groups is 1. The van der Waals surface area contributed by atoms with Crippen LogP contribution in [-0.2, 0) is 16.2 Å². The highest BCUT2D eigenvalue weighted by Gasteiger charge is 2.20. The van der Waals surface area contributed by atoms with Crippen LogP contribution in [0.3, 0.4) is 0 Å². The van der Waals surface area contributed by atoms with Gasteiger partial charge in [-0.25, -0.2) is 9.78 Å². The number of nitrogens with zero attached hydrogens (tertiary/aromatic N) is 3. The van der Waals surface area contributed by atoms with Gasteiger partial charge in [-0.05, 0) is 55.0 Å². The molecule has 0 fully saturated rings. The van der Waals surface area contributed by atoms with Gasteiger partial charge in [0.15, 0.2) is 11.4 Å². The first-order chi connectivity index (χ1) is 20.1. The molecule has 0 aliphatic carbocycles. The minimum Gasteiger partial charge on any atom is -0.485 e. The van der Waals surface area contributed by atoms with E-state index in [1.165, 1.54) is 18.0 Å². The molecule has 2 heterocycles. The summed E-state index contributed by atoms with van der Waals surface area (Å²) in [5, 5.41) is 8.77. The molecule has 4 rings (SSSR count). The van der Waals surface area contributed by atoms with Crippen molar-refractivity contribution in [1.82, 2.24) is 20.0 Å². The minimum atomic E-state index is -0.455. The molecule has 0 aliphatic heterocycles. The third-order valence-electron chi connectivity index (χ3n) is 6.22. The van der Waals surface area contributed by atoms with E-state index in [1.54, 1.807) is 79.2 Å². The van der Waals surface area contributed by atoms with E-state index in [4.69, 9.17) is 39.5 Å². The molecule has 0 bridgehead atoms. The van der Waals surface area contributed by atoms with Crippen LogP contribution in [0.15, 0.2) is 60.8 Å². The second kappa shape index (κ2) is 13.6. The topological polar surface area (TPSA) is 117 Å². The maximum Gasteiger partial charge on any atom is 0.318 e. The number of pyridine rings is 1. The first-order valence-corrected chi connectivity index (χ1v) is 13.8. The van der Waals surface area contributed by atoms with Gasteiger partial charge in [0.2, 0.25) is 11.8 Å². The van der Waals surface area contributed by atoms with Crippen molar-refractivity contribution >= 4 is 75.7 Å². The number of nitrogens with one attached hydrogen (secondary N) is 3. The molecule has 2 aromatic heterocycles. The highest BCUT2D eigenvalue weighted by Crippen LogP contribution is 2.35. The van der Waals surface area contributed by atoms with Crippen molar-refractivity contribution in [2.24, 2.45) is 0 Å². The van der Waals surface area contributed by atoms with Crippen molar-refractivity contribution in [3.05, 3.63) is 92.8 Å². The van der Waals surface area contributed by atoms with Gasteiger partial charge in [0.25, 0.3) is 0 Å². The number of aryl methyl sites for hydroxylation is 1. The van der Waals surface area contributed by atoms with Gasteiger partial charge in [-0.1, -0.05) is 46.9 Å². The summed E-state index contributed by atoms with van der Waals surface area (Å²) in [5.41, 5.74) is 3.44. The number of hydrogen-bond acceptors (Lipinski definition) is 5. The van der Waals surface area contributed by atoms with Crippen LogP contribution in [0.25, 0.3) is 11.7 Å². The molecule has 0 saturated carbocycles. The summed E-state index contributed by atoms with van der Waals surface area (Å²) < 4.78 is 7.71. The van der Waals surface area contributed by atoms with Crippen molar-refractivity contribution in [2.75, 3.05) is 30.9 Å². The normalized spacial score (nSPS) is 11.0. The van der Waals surface area contributed by atoms with E-state index >= 15 is 0 Å². The molecule has 218 valence electrons. The summed E-state index contributed by atoms with van der Waals surface area (Å²) in [4.78, 5) is 42.4. The molecule has 3 N–H and O–H groups in total. The maximum atomic E-state index is 12.9. The van der Waals surface area contributed by atoms with Crippen LogP contribution in [-0.4, -0.2) is 47.9 Å². The number of hydrogen-bond donors (Lipinski definition) is 3. The van der Waals surface area contributed by atoms with Crippen LogP contribution < -0.4 is 25.6 Å². The van der Waals surface area contributed by atoms with E-state index < -0.39 is 11.8 Å². The molecule has 42 heavy (non-hydrogen) atoms. The SMILES string of the molecule is CNC(=O)Nc1ccc(C=CC(=O)NCC(=O)N(C)c2ccc(Cl)c(COc3cccn4c(Cl)c(C)nc34)c2Cl)cc1. The molecular formula is C29H27Cl3N6O4. The van der Waals surface area contributed by atoms with E-state index in [1.807, 2.05) is 0 Å². The molecule has 13 heteroatoms. The van der Waals surface area contributed by atoms with Gasteiger partial charge in [0.1, 0.15) is 11.8 Å². The van der Waals surface area contributed by atoms with E-state index in [0.717, 1.165) is 5.56 Å². The number of anilines is 2. The number of benzene rings is 2. The smallest absolute Gasteiger partial charge is 0.318 e. The zero-order valence-electron chi connectivity index (χ0n) is 22.9. The zero-order valence-corrected chi connectivity index (χ0v) is 25.1. The van der Waals surface area contributed by atoms with Gasteiger partial charge in [-0.2, -0.15) is 0 Å². The van der Waals surface area contributed by atoms with Crippen LogP contribution >= 0.6 is 34.8 Å². The number of carbonyl (C=O) groups excluding carboxylic acids is 3. The van der Waals surface area contributed by atoms with Gasteiger partial charge >= 0.3 is 6.03 Å². The number of likely N-dealkylation sites (N-methyl/N-ethyl adjacent to an activating group) is 1. The van der Waals surface area contributed by atoms with Crippen molar-refractivity contribution in [3.63, 3.8) is 0 Å². The van der Waals surface area contributed by atoms with Crippen LogP contribution in [0.2, 0.25) is 15.2 Å². The lowest BCUT2D eigenvalue weighted by molar-refractivity contribution is -0.122. The lowest BCUT2D eigenvalue weighted by Crippen LogP contribution is -2.37. The van der Waals surface area contributed by atoms with E-state index in [-0.39, 0.29) is 24.2 Å². The van der Waals surface area contributed by atoms with Crippen LogP contribution in [0.1, 0.15) is 16.8 Å². The highest BCUT2D eigenvalue weighted by molar-refractivity contribution is 6.38. The molecule has 0 saturated heterocycles. The minimum absolute atomic E-state index is 0.0150. The van der Waals surface area contributed by atoms with Crippen molar-refractivity contribution in [1.29, 1.82) is 0 Å². The van der Waals surface area contributed by atoms with Crippen molar-refractivity contribution in [2.45, 2.75) is 13.5 Å². The number of halogens is 3. The molecule has 0 atom stereocenters. The quantitative estimate of drug-likeness (QED) is 0.205. The predicted octanol–water partition coefficient (Wildman–Crippen LogP) is 5.73.